The minimum Gasteiger partial charge on any atom is -0.476 e. The molecule has 1 aromatic rings. The zero-order valence-corrected chi connectivity index (χ0v) is 12.4. The van der Waals surface area contributed by atoms with E-state index in [9.17, 15) is 10.1 Å². The average Bonchev–Trinajstić information content (AvgIpc) is 2.52. The fraction of sp³-hybridized carbons (Fsp3) is 0.692. The smallest absolute Gasteiger partial charge is 0.372 e. The highest BCUT2D eigenvalue weighted by Crippen LogP contribution is 2.34. The summed E-state index contributed by atoms with van der Waals surface area (Å²) in [6, 6.07) is 0. The fourth-order valence-electron chi connectivity index (χ4n) is 2.59. The molecule has 1 aliphatic heterocycles. The summed E-state index contributed by atoms with van der Waals surface area (Å²) in [7, 11) is 1.38. The Kier molecular flexibility index (Phi) is 5.26. The molecule has 116 valence electrons. The van der Waals surface area contributed by atoms with E-state index in [0.29, 0.717) is 11.7 Å². The molecule has 1 aromatic heterocycles. The van der Waals surface area contributed by atoms with Crippen LogP contribution in [0.15, 0.2) is 6.33 Å². The molecule has 0 bridgehead atoms. The third-order valence-electron chi connectivity index (χ3n) is 3.74. The number of methoxy groups -OCH3 is 1. The number of nitrogens with one attached hydrogen (secondary N) is 1. The first kappa shape index (κ1) is 15.4. The number of aromatic nitrogens is 2. The van der Waals surface area contributed by atoms with E-state index >= 15 is 0 Å². The van der Waals surface area contributed by atoms with Gasteiger partial charge in [-0.1, -0.05) is 6.92 Å². The number of nitro groups is 1. The van der Waals surface area contributed by atoms with Gasteiger partial charge in [-0.25, -0.2) is 4.98 Å². The van der Waals surface area contributed by atoms with E-state index in [1.165, 1.54) is 13.4 Å². The van der Waals surface area contributed by atoms with E-state index in [1.54, 1.807) is 0 Å². The van der Waals surface area contributed by atoms with Crippen LogP contribution in [-0.2, 0) is 0 Å². The molecule has 0 amide bonds. The quantitative estimate of drug-likeness (QED) is 0.623. The van der Waals surface area contributed by atoms with Gasteiger partial charge >= 0.3 is 5.69 Å². The third kappa shape index (κ3) is 3.57. The van der Waals surface area contributed by atoms with Crippen molar-refractivity contribution in [2.45, 2.75) is 19.8 Å². The van der Waals surface area contributed by atoms with Crippen LogP contribution in [0.3, 0.4) is 0 Å². The highest BCUT2D eigenvalue weighted by molar-refractivity contribution is 5.62. The molecule has 0 aromatic carbocycles. The van der Waals surface area contributed by atoms with Crippen LogP contribution in [0.25, 0.3) is 0 Å². The Bertz CT molecular complexity index is 489. The first-order valence-electron chi connectivity index (χ1n) is 7.16. The van der Waals surface area contributed by atoms with Gasteiger partial charge in [-0.05, 0) is 31.8 Å². The molecule has 8 heteroatoms. The zero-order valence-electron chi connectivity index (χ0n) is 12.4. The van der Waals surface area contributed by atoms with Gasteiger partial charge in [0.1, 0.15) is 6.33 Å². The summed E-state index contributed by atoms with van der Waals surface area (Å²) in [5.74, 6) is 0.984. The maximum Gasteiger partial charge on any atom is 0.372 e. The Morgan fingerprint density at radius 2 is 2.19 bits per heavy atom. The van der Waals surface area contributed by atoms with E-state index in [-0.39, 0.29) is 11.6 Å². The number of ether oxygens (including phenoxy) is 1. The van der Waals surface area contributed by atoms with Crippen LogP contribution in [0.1, 0.15) is 19.8 Å². The summed E-state index contributed by atoms with van der Waals surface area (Å²) in [5.41, 5.74) is -0.148. The monoisotopic (exact) mass is 295 g/mol. The first-order chi connectivity index (χ1) is 10.2. The Hall–Kier alpha value is -1.96. The van der Waals surface area contributed by atoms with Crippen LogP contribution in [0.5, 0.6) is 5.88 Å². The first-order valence-corrected chi connectivity index (χ1v) is 7.16. The molecular formula is C13H21N5O3. The normalized spacial score (nSPS) is 16.0. The molecule has 0 saturated carbocycles. The predicted molar refractivity (Wildman–Crippen MR) is 78.7 cm³/mol. The SMILES string of the molecule is CCNCC1CCN(c2ncnc(OC)c2[N+](=O)[O-])CC1. The van der Waals surface area contributed by atoms with Gasteiger partial charge in [-0.2, -0.15) is 4.98 Å². The largest absolute Gasteiger partial charge is 0.476 e. The average molecular weight is 295 g/mol. The molecule has 0 atom stereocenters. The molecule has 0 unspecified atom stereocenters. The third-order valence-corrected chi connectivity index (χ3v) is 3.74. The van der Waals surface area contributed by atoms with Gasteiger partial charge < -0.3 is 15.0 Å². The van der Waals surface area contributed by atoms with Gasteiger partial charge in [0.2, 0.25) is 5.82 Å². The van der Waals surface area contributed by atoms with Crippen molar-refractivity contribution in [2.75, 3.05) is 38.2 Å². The number of nitrogens with zero attached hydrogens (tertiary/aromatic N) is 4. The van der Waals surface area contributed by atoms with Crippen LogP contribution < -0.4 is 15.0 Å². The van der Waals surface area contributed by atoms with Gasteiger partial charge in [0.15, 0.2) is 0 Å². The zero-order chi connectivity index (χ0) is 15.2. The fourth-order valence-corrected chi connectivity index (χ4v) is 2.59. The van der Waals surface area contributed by atoms with Crippen molar-refractivity contribution in [1.29, 1.82) is 0 Å². The highest BCUT2D eigenvalue weighted by atomic mass is 16.6. The number of rotatable bonds is 6. The van der Waals surface area contributed by atoms with Crippen molar-refractivity contribution in [3.8, 4) is 5.88 Å². The van der Waals surface area contributed by atoms with Crippen LogP contribution in [0.2, 0.25) is 0 Å². The topological polar surface area (TPSA) is 93.4 Å². The van der Waals surface area contributed by atoms with Crippen molar-refractivity contribution in [2.24, 2.45) is 5.92 Å². The number of anilines is 1. The minimum atomic E-state index is -0.473. The van der Waals surface area contributed by atoms with Crippen LogP contribution in [-0.4, -0.2) is 48.2 Å². The van der Waals surface area contributed by atoms with E-state index in [2.05, 4.69) is 22.2 Å². The van der Waals surface area contributed by atoms with E-state index < -0.39 is 4.92 Å². The molecule has 8 nitrogen and oxygen atoms in total. The summed E-state index contributed by atoms with van der Waals surface area (Å²) in [4.78, 5) is 20.6. The lowest BCUT2D eigenvalue weighted by molar-refractivity contribution is -0.385. The van der Waals surface area contributed by atoms with Crippen LogP contribution in [0.4, 0.5) is 11.5 Å². The second kappa shape index (κ2) is 7.16. The highest BCUT2D eigenvalue weighted by Gasteiger charge is 2.30. The van der Waals surface area contributed by atoms with Crippen molar-refractivity contribution < 1.29 is 9.66 Å². The lowest BCUT2D eigenvalue weighted by Gasteiger charge is -2.32. The number of hydrogen-bond acceptors (Lipinski definition) is 7. The molecule has 1 aliphatic rings. The molecule has 2 heterocycles. The van der Waals surface area contributed by atoms with Gasteiger partial charge in [-0.15, -0.1) is 0 Å². The molecule has 0 aliphatic carbocycles. The lowest BCUT2D eigenvalue weighted by atomic mass is 9.97. The molecule has 1 saturated heterocycles. The summed E-state index contributed by atoms with van der Waals surface area (Å²) >= 11 is 0. The van der Waals surface area contributed by atoms with Crippen LogP contribution >= 0.6 is 0 Å². The Morgan fingerprint density at radius 1 is 1.48 bits per heavy atom. The number of piperidine rings is 1. The van der Waals surface area contributed by atoms with Crippen molar-refractivity contribution >= 4 is 11.5 Å². The summed E-state index contributed by atoms with van der Waals surface area (Å²) in [6.07, 6.45) is 3.30. The van der Waals surface area contributed by atoms with Crippen molar-refractivity contribution in [1.82, 2.24) is 15.3 Å². The molecule has 1 N–H and O–H groups in total. The summed E-state index contributed by atoms with van der Waals surface area (Å²) in [6.45, 7) is 5.58. The standard InChI is InChI=1S/C13H21N5O3/c1-3-14-8-10-4-6-17(7-5-10)12-11(18(19)20)13(21-2)16-9-15-12/h9-10,14H,3-8H2,1-2H3. The molecule has 1 fully saturated rings. The van der Waals surface area contributed by atoms with Gasteiger partial charge in [0.05, 0.1) is 12.0 Å². The molecular weight excluding hydrogens is 274 g/mol. The summed E-state index contributed by atoms with van der Waals surface area (Å²) < 4.78 is 4.98. The lowest BCUT2D eigenvalue weighted by Crippen LogP contribution is -2.38. The molecule has 21 heavy (non-hydrogen) atoms. The van der Waals surface area contributed by atoms with Crippen molar-refractivity contribution in [3.63, 3.8) is 0 Å². The van der Waals surface area contributed by atoms with Crippen molar-refractivity contribution in [3.05, 3.63) is 16.4 Å². The maximum absolute atomic E-state index is 11.3. The molecule has 0 radical (unpaired) electrons. The molecule has 0 spiro atoms. The Balaban J connectivity index is 2.11. The Labute approximate surface area is 123 Å². The predicted octanol–water partition coefficient (Wildman–Crippen LogP) is 1.22. The van der Waals surface area contributed by atoms with E-state index in [1.807, 2.05) is 4.90 Å². The second-order valence-electron chi connectivity index (χ2n) is 5.05. The van der Waals surface area contributed by atoms with E-state index in [4.69, 9.17) is 4.74 Å². The van der Waals surface area contributed by atoms with E-state index in [0.717, 1.165) is 39.0 Å². The molecule has 2 rings (SSSR count). The van der Waals surface area contributed by atoms with Gasteiger partial charge in [-0.3, -0.25) is 10.1 Å². The summed E-state index contributed by atoms with van der Waals surface area (Å²) in [5, 5.41) is 14.6. The maximum atomic E-state index is 11.3. The van der Waals surface area contributed by atoms with Gasteiger partial charge in [0, 0.05) is 13.1 Å². The second-order valence-corrected chi connectivity index (χ2v) is 5.05. The van der Waals surface area contributed by atoms with Crippen LogP contribution in [0, 0.1) is 16.0 Å². The number of hydrogen-bond donors (Lipinski definition) is 1. The Morgan fingerprint density at radius 3 is 2.76 bits per heavy atom. The minimum absolute atomic E-state index is 0.0137. The van der Waals surface area contributed by atoms with Gasteiger partial charge in [0.25, 0.3) is 5.88 Å².